The molecule has 122 valence electrons. The van der Waals surface area contributed by atoms with Gasteiger partial charge in [0, 0.05) is 27.5 Å². The van der Waals surface area contributed by atoms with Gasteiger partial charge in [-0.05, 0) is 36.4 Å². The van der Waals surface area contributed by atoms with Gasteiger partial charge in [0.1, 0.15) is 0 Å². The van der Waals surface area contributed by atoms with E-state index in [-0.39, 0.29) is 5.91 Å². The third-order valence-electron chi connectivity index (χ3n) is 3.09. The van der Waals surface area contributed by atoms with Crippen LogP contribution in [-0.2, 0) is 10.5 Å². The zero-order chi connectivity index (χ0) is 16.9. The average molecular weight is 404 g/mol. The Kier molecular flexibility index (Phi) is 5.32. The van der Waals surface area contributed by atoms with Gasteiger partial charge in [-0.1, -0.05) is 33.2 Å². The number of amides is 1. The van der Waals surface area contributed by atoms with E-state index in [2.05, 4.69) is 31.4 Å². The van der Waals surface area contributed by atoms with Crippen molar-refractivity contribution in [2.75, 3.05) is 5.32 Å². The number of carbonyl (C=O) groups excluding carboxylic acids is 1. The monoisotopic (exact) mass is 403 g/mol. The molecule has 0 aliphatic rings. The molecule has 0 radical (unpaired) electrons. The SMILES string of the molecule is CC(=O)Nc1ccc(SCc2nc(-c3cccc(Br)c3)no2)cc1. The number of carbonyl (C=O) groups is 1. The minimum atomic E-state index is -0.0821. The summed E-state index contributed by atoms with van der Waals surface area (Å²) in [6, 6.07) is 15.4. The Balaban J connectivity index is 1.62. The van der Waals surface area contributed by atoms with Crippen molar-refractivity contribution in [1.82, 2.24) is 10.1 Å². The second kappa shape index (κ2) is 7.63. The number of thioether (sulfide) groups is 1. The first kappa shape index (κ1) is 16.7. The van der Waals surface area contributed by atoms with E-state index in [0.717, 1.165) is 20.6 Å². The van der Waals surface area contributed by atoms with Gasteiger partial charge < -0.3 is 9.84 Å². The Morgan fingerprint density at radius 1 is 1.25 bits per heavy atom. The number of hydrogen-bond donors (Lipinski definition) is 1. The first-order chi connectivity index (χ1) is 11.6. The number of nitrogens with zero attached hydrogens (tertiary/aromatic N) is 2. The predicted molar refractivity (Wildman–Crippen MR) is 97.7 cm³/mol. The Hall–Kier alpha value is -2.12. The van der Waals surface area contributed by atoms with E-state index in [4.69, 9.17) is 4.52 Å². The largest absolute Gasteiger partial charge is 0.338 e. The quantitative estimate of drug-likeness (QED) is 0.622. The van der Waals surface area contributed by atoms with Gasteiger partial charge in [-0.2, -0.15) is 4.98 Å². The van der Waals surface area contributed by atoms with E-state index in [9.17, 15) is 4.79 Å². The standard InChI is InChI=1S/C17H14BrN3O2S/c1-11(22)19-14-5-7-15(8-6-14)24-10-16-20-17(21-23-16)12-3-2-4-13(18)9-12/h2-9H,10H2,1H3,(H,19,22). The fourth-order valence-corrected chi connectivity index (χ4v) is 3.18. The molecule has 24 heavy (non-hydrogen) atoms. The highest BCUT2D eigenvalue weighted by atomic mass is 79.9. The highest BCUT2D eigenvalue weighted by molar-refractivity contribution is 9.10. The van der Waals surface area contributed by atoms with Crippen LogP contribution in [0.1, 0.15) is 12.8 Å². The first-order valence-electron chi connectivity index (χ1n) is 7.19. The van der Waals surface area contributed by atoms with Crippen LogP contribution in [0.15, 0.2) is 62.4 Å². The van der Waals surface area contributed by atoms with Gasteiger partial charge in [-0.15, -0.1) is 11.8 Å². The van der Waals surface area contributed by atoms with Crippen molar-refractivity contribution >= 4 is 39.3 Å². The summed E-state index contributed by atoms with van der Waals surface area (Å²) in [5.41, 5.74) is 1.69. The lowest BCUT2D eigenvalue weighted by atomic mass is 10.2. The van der Waals surface area contributed by atoms with E-state index >= 15 is 0 Å². The Bertz CT molecular complexity index is 849. The van der Waals surface area contributed by atoms with Crippen molar-refractivity contribution in [3.8, 4) is 11.4 Å². The maximum atomic E-state index is 11.0. The lowest BCUT2D eigenvalue weighted by molar-refractivity contribution is -0.114. The number of nitrogens with one attached hydrogen (secondary N) is 1. The van der Waals surface area contributed by atoms with E-state index in [1.807, 2.05) is 48.5 Å². The summed E-state index contributed by atoms with van der Waals surface area (Å²) in [6.45, 7) is 1.49. The average Bonchev–Trinajstić information content (AvgIpc) is 3.03. The van der Waals surface area contributed by atoms with Gasteiger partial charge in [-0.25, -0.2) is 0 Å². The maximum absolute atomic E-state index is 11.0. The van der Waals surface area contributed by atoms with Crippen molar-refractivity contribution in [2.45, 2.75) is 17.6 Å². The van der Waals surface area contributed by atoms with Crippen LogP contribution in [-0.4, -0.2) is 16.0 Å². The van der Waals surface area contributed by atoms with Gasteiger partial charge in [0.15, 0.2) is 0 Å². The third-order valence-corrected chi connectivity index (χ3v) is 4.58. The molecular formula is C17H14BrN3O2S. The van der Waals surface area contributed by atoms with Gasteiger partial charge in [-0.3, -0.25) is 4.79 Å². The molecule has 1 aromatic heterocycles. The van der Waals surface area contributed by atoms with Crippen molar-refractivity contribution in [3.63, 3.8) is 0 Å². The molecule has 3 aromatic rings. The van der Waals surface area contributed by atoms with Crippen LogP contribution in [0.3, 0.4) is 0 Å². The number of rotatable bonds is 5. The van der Waals surface area contributed by atoms with Crippen LogP contribution in [0.2, 0.25) is 0 Å². The Labute approximate surface area is 152 Å². The number of anilines is 1. The van der Waals surface area contributed by atoms with Crippen molar-refractivity contribution < 1.29 is 9.32 Å². The fraction of sp³-hybridized carbons (Fsp3) is 0.118. The molecule has 0 aliphatic carbocycles. The third kappa shape index (κ3) is 4.46. The van der Waals surface area contributed by atoms with Crippen LogP contribution in [0, 0.1) is 0 Å². The summed E-state index contributed by atoms with van der Waals surface area (Å²) in [5, 5.41) is 6.76. The highest BCUT2D eigenvalue weighted by Crippen LogP contribution is 2.25. The van der Waals surface area contributed by atoms with Crippen LogP contribution in [0.25, 0.3) is 11.4 Å². The zero-order valence-electron chi connectivity index (χ0n) is 12.8. The predicted octanol–water partition coefficient (Wildman–Crippen LogP) is 4.75. The Morgan fingerprint density at radius 2 is 2.04 bits per heavy atom. The molecule has 7 heteroatoms. The minimum absolute atomic E-state index is 0.0821. The molecular weight excluding hydrogens is 390 g/mol. The van der Waals surface area contributed by atoms with Crippen LogP contribution >= 0.6 is 27.7 Å². The molecule has 0 fully saturated rings. The summed E-state index contributed by atoms with van der Waals surface area (Å²) < 4.78 is 6.27. The number of hydrogen-bond acceptors (Lipinski definition) is 5. The van der Waals surface area contributed by atoms with Crippen LogP contribution in [0.5, 0.6) is 0 Å². The van der Waals surface area contributed by atoms with Crippen LogP contribution < -0.4 is 5.32 Å². The lowest BCUT2D eigenvalue weighted by Gasteiger charge is -2.03. The molecule has 1 heterocycles. The minimum Gasteiger partial charge on any atom is -0.338 e. The number of benzene rings is 2. The fourth-order valence-electron chi connectivity index (χ4n) is 2.04. The molecule has 1 N–H and O–H groups in total. The molecule has 0 atom stereocenters. The summed E-state index contributed by atoms with van der Waals surface area (Å²) >= 11 is 5.03. The van der Waals surface area contributed by atoms with Crippen LogP contribution in [0.4, 0.5) is 5.69 Å². The molecule has 0 spiro atoms. The molecule has 0 bridgehead atoms. The van der Waals surface area contributed by atoms with E-state index in [1.54, 1.807) is 11.8 Å². The van der Waals surface area contributed by atoms with E-state index in [0.29, 0.717) is 17.5 Å². The smallest absolute Gasteiger partial charge is 0.237 e. The lowest BCUT2D eigenvalue weighted by Crippen LogP contribution is -2.05. The summed E-state index contributed by atoms with van der Waals surface area (Å²) in [6.07, 6.45) is 0. The highest BCUT2D eigenvalue weighted by Gasteiger charge is 2.09. The molecule has 0 saturated carbocycles. The first-order valence-corrected chi connectivity index (χ1v) is 8.97. The normalized spacial score (nSPS) is 10.6. The second-order valence-electron chi connectivity index (χ2n) is 5.02. The molecule has 5 nitrogen and oxygen atoms in total. The maximum Gasteiger partial charge on any atom is 0.237 e. The number of halogens is 1. The zero-order valence-corrected chi connectivity index (χ0v) is 15.2. The summed E-state index contributed by atoms with van der Waals surface area (Å²) in [7, 11) is 0. The molecule has 1 amide bonds. The summed E-state index contributed by atoms with van der Waals surface area (Å²) in [4.78, 5) is 16.5. The molecule has 3 rings (SSSR count). The van der Waals surface area contributed by atoms with Gasteiger partial charge in [0.25, 0.3) is 0 Å². The molecule has 0 saturated heterocycles. The molecule has 0 aliphatic heterocycles. The van der Waals surface area contributed by atoms with Gasteiger partial charge >= 0.3 is 0 Å². The van der Waals surface area contributed by atoms with Crippen molar-refractivity contribution in [2.24, 2.45) is 0 Å². The number of aromatic nitrogens is 2. The van der Waals surface area contributed by atoms with Crippen molar-refractivity contribution in [1.29, 1.82) is 0 Å². The van der Waals surface area contributed by atoms with Gasteiger partial charge in [0.05, 0.1) is 5.75 Å². The second-order valence-corrected chi connectivity index (χ2v) is 6.98. The molecule has 0 unspecified atom stereocenters. The summed E-state index contributed by atoms with van der Waals surface area (Å²) in [5.74, 6) is 1.65. The van der Waals surface area contributed by atoms with Gasteiger partial charge in [0.2, 0.25) is 17.6 Å². The van der Waals surface area contributed by atoms with E-state index in [1.165, 1.54) is 6.92 Å². The Morgan fingerprint density at radius 3 is 2.75 bits per heavy atom. The molecule has 2 aromatic carbocycles. The topological polar surface area (TPSA) is 68.0 Å². The van der Waals surface area contributed by atoms with E-state index < -0.39 is 0 Å². The van der Waals surface area contributed by atoms with Crippen molar-refractivity contribution in [3.05, 3.63) is 58.9 Å².